The van der Waals surface area contributed by atoms with E-state index in [0.717, 1.165) is 5.56 Å². The van der Waals surface area contributed by atoms with Crippen LogP contribution in [0.5, 0.6) is 0 Å². The molecule has 0 spiro atoms. The van der Waals surface area contributed by atoms with Crippen LogP contribution in [0.2, 0.25) is 0 Å². The summed E-state index contributed by atoms with van der Waals surface area (Å²) in [5, 5.41) is 12.4. The van der Waals surface area contributed by atoms with Gasteiger partial charge in [-0.2, -0.15) is 5.26 Å². The number of hydrogen-bond acceptors (Lipinski definition) is 6. The first-order valence-electron chi connectivity index (χ1n) is 8.53. The summed E-state index contributed by atoms with van der Waals surface area (Å²) in [5.41, 5.74) is 2.17. The van der Waals surface area contributed by atoms with Crippen LogP contribution in [0.25, 0.3) is 10.6 Å². The number of ether oxygens (including phenoxy) is 1. The third-order valence-electron chi connectivity index (χ3n) is 3.96. The second kappa shape index (κ2) is 8.46. The van der Waals surface area contributed by atoms with Crippen LogP contribution < -0.4 is 5.32 Å². The monoisotopic (exact) mass is 391 g/mol. The highest BCUT2D eigenvalue weighted by Gasteiger charge is 2.23. The number of thiazole rings is 1. The zero-order chi connectivity index (χ0) is 20.1. The number of nitrogens with one attached hydrogen (secondary N) is 1. The van der Waals surface area contributed by atoms with Crippen molar-refractivity contribution in [1.29, 1.82) is 5.26 Å². The van der Waals surface area contributed by atoms with Gasteiger partial charge in [0.25, 0.3) is 5.91 Å². The molecule has 0 radical (unpaired) electrons. The van der Waals surface area contributed by atoms with Crippen molar-refractivity contribution >= 4 is 28.9 Å². The third-order valence-corrected chi connectivity index (χ3v) is 5.15. The molecule has 7 heteroatoms. The first-order chi connectivity index (χ1) is 13.5. The minimum absolute atomic E-state index is 0.334. The molecule has 28 heavy (non-hydrogen) atoms. The number of para-hydroxylation sites is 1. The molecule has 3 rings (SSSR count). The lowest BCUT2D eigenvalue weighted by Gasteiger charge is -2.13. The molecular formula is C21H17N3O3S. The SMILES string of the molecule is Cc1nc(-c2ccccc2)sc1C(=O)OC(C)C(=O)Nc1ccccc1C#N. The average molecular weight is 391 g/mol. The van der Waals surface area contributed by atoms with E-state index in [1.165, 1.54) is 18.3 Å². The number of carbonyl (C=O) groups is 2. The lowest BCUT2D eigenvalue weighted by atomic mass is 10.2. The highest BCUT2D eigenvalue weighted by atomic mass is 32.1. The molecule has 1 N–H and O–H groups in total. The van der Waals surface area contributed by atoms with Crippen molar-refractivity contribution in [2.45, 2.75) is 20.0 Å². The van der Waals surface area contributed by atoms with E-state index in [1.807, 2.05) is 36.4 Å². The van der Waals surface area contributed by atoms with Gasteiger partial charge in [-0.15, -0.1) is 11.3 Å². The Morgan fingerprint density at radius 1 is 1.14 bits per heavy atom. The van der Waals surface area contributed by atoms with Crippen molar-refractivity contribution in [3.8, 4) is 16.6 Å². The van der Waals surface area contributed by atoms with E-state index in [4.69, 9.17) is 10.00 Å². The quantitative estimate of drug-likeness (QED) is 0.659. The summed E-state index contributed by atoms with van der Waals surface area (Å²) in [4.78, 5) is 29.6. The van der Waals surface area contributed by atoms with E-state index in [9.17, 15) is 9.59 Å². The lowest BCUT2D eigenvalue weighted by molar-refractivity contribution is -0.123. The van der Waals surface area contributed by atoms with E-state index >= 15 is 0 Å². The number of amides is 1. The van der Waals surface area contributed by atoms with Crippen LogP contribution in [0.15, 0.2) is 54.6 Å². The normalized spacial score (nSPS) is 11.3. The molecule has 0 bridgehead atoms. The van der Waals surface area contributed by atoms with Crippen LogP contribution in [-0.2, 0) is 9.53 Å². The molecule has 1 amide bonds. The smallest absolute Gasteiger partial charge is 0.351 e. The Labute approximate surface area is 166 Å². The van der Waals surface area contributed by atoms with Crippen LogP contribution in [-0.4, -0.2) is 23.0 Å². The van der Waals surface area contributed by atoms with Crippen LogP contribution in [0.1, 0.15) is 27.9 Å². The summed E-state index contributed by atoms with van der Waals surface area (Å²) < 4.78 is 5.31. The maximum atomic E-state index is 12.5. The molecule has 140 valence electrons. The molecule has 0 aliphatic rings. The first-order valence-corrected chi connectivity index (χ1v) is 9.35. The van der Waals surface area contributed by atoms with Crippen molar-refractivity contribution in [2.75, 3.05) is 5.32 Å². The predicted octanol–water partition coefficient (Wildman–Crippen LogP) is 4.17. The summed E-state index contributed by atoms with van der Waals surface area (Å²) in [6.07, 6.45) is -1.03. The predicted molar refractivity (Wildman–Crippen MR) is 107 cm³/mol. The largest absolute Gasteiger partial charge is 0.448 e. The fraction of sp³-hybridized carbons (Fsp3) is 0.143. The zero-order valence-corrected chi connectivity index (χ0v) is 16.1. The fourth-order valence-electron chi connectivity index (χ4n) is 2.48. The summed E-state index contributed by atoms with van der Waals surface area (Å²) in [6.45, 7) is 3.21. The van der Waals surface area contributed by atoms with Crippen LogP contribution in [0, 0.1) is 18.3 Å². The summed E-state index contributed by atoms with van der Waals surface area (Å²) in [6, 6.07) is 18.2. The van der Waals surface area contributed by atoms with Gasteiger partial charge in [0.15, 0.2) is 6.10 Å². The molecule has 1 heterocycles. The van der Waals surface area contributed by atoms with Crippen LogP contribution >= 0.6 is 11.3 Å². The number of rotatable bonds is 5. The van der Waals surface area contributed by atoms with Gasteiger partial charge in [-0.1, -0.05) is 42.5 Å². The molecule has 3 aromatic rings. The Morgan fingerprint density at radius 2 is 1.82 bits per heavy atom. The Kier molecular flexibility index (Phi) is 5.82. The number of anilines is 1. The van der Waals surface area contributed by atoms with Crippen molar-refractivity contribution in [3.05, 3.63) is 70.7 Å². The van der Waals surface area contributed by atoms with Crippen molar-refractivity contribution in [1.82, 2.24) is 4.98 Å². The molecule has 0 saturated carbocycles. The average Bonchev–Trinajstić information content (AvgIpc) is 3.10. The topological polar surface area (TPSA) is 92.1 Å². The number of nitrogens with zero attached hydrogens (tertiary/aromatic N) is 2. The van der Waals surface area contributed by atoms with Gasteiger partial charge in [-0.3, -0.25) is 4.79 Å². The molecule has 2 aromatic carbocycles. The van der Waals surface area contributed by atoms with E-state index < -0.39 is 18.0 Å². The molecular weight excluding hydrogens is 374 g/mol. The second-order valence-corrected chi connectivity index (χ2v) is 6.99. The van der Waals surface area contributed by atoms with Crippen molar-refractivity contribution < 1.29 is 14.3 Å². The van der Waals surface area contributed by atoms with Gasteiger partial charge >= 0.3 is 5.97 Å². The van der Waals surface area contributed by atoms with Gasteiger partial charge in [-0.25, -0.2) is 9.78 Å². The third kappa shape index (κ3) is 4.24. The van der Waals surface area contributed by atoms with E-state index in [0.29, 0.717) is 26.8 Å². The highest BCUT2D eigenvalue weighted by molar-refractivity contribution is 7.17. The first kappa shape index (κ1) is 19.3. The number of nitriles is 1. The lowest BCUT2D eigenvalue weighted by Crippen LogP contribution is -2.30. The van der Waals surface area contributed by atoms with E-state index in [-0.39, 0.29) is 0 Å². The second-order valence-electron chi connectivity index (χ2n) is 5.99. The van der Waals surface area contributed by atoms with Gasteiger partial charge in [0, 0.05) is 5.56 Å². The maximum Gasteiger partial charge on any atom is 0.351 e. The maximum absolute atomic E-state index is 12.5. The number of aromatic nitrogens is 1. The number of esters is 1. The number of benzene rings is 2. The molecule has 0 aliphatic heterocycles. The number of carbonyl (C=O) groups excluding carboxylic acids is 2. The van der Waals surface area contributed by atoms with Crippen molar-refractivity contribution in [2.24, 2.45) is 0 Å². The minimum atomic E-state index is -1.03. The van der Waals surface area contributed by atoms with E-state index in [1.54, 1.807) is 31.2 Å². The highest BCUT2D eigenvalue weighted by Crippen LogP contribution is 2.28. The zero-order valence-electron chi connectivity index (χ0n) is 15.3. The standard InChI is InChI=1S/C21H17N3O3S/c1-13-18(28-20(23-13)15-8-4-3-5-9-15)21(26)27-14(2)19(25)24-17-11-7-6-10-16(17)12-22/h3-11,14H,1-2H3,(H,24,25). The molecule has 1 unspecified atom stereocenters. The Bertz CT molecular complexity index is 1050. The van der Waals surface area contributed by atoms with Gasteiger partial charge in [0.1, 0.15) is 16.0 Å². The van der Waals surface area contributed by atoms with Crippen LogP contribution in [0.4, 0.5) is 5.69 Å². The van der Waals surface area contributed by atoms with Crippen LogP contribution in [0.3, 0.4) is 0 Å². The minimum Gasteiger partial charge on any atom is -0.448 e. The molecule has 0 aliphatic carbocycles. The van der Waals surface area contributed by atoms with Gasteiger partial charge < -0.3 is 10.1 Å². The Morgan fingerprint density at radius 3 is 2.54 bits per heavy atom. The molecule has 0 fully saturated rings. The molecule has 6 nitrogen and oxygen atoms in total. The molecule has 1 atom stereocenters. The molecule has 0 saturated heterocycles. The number of hydrogen-bond donors (Lipinski definition) is 1. The van der Waals surface area contributed by atoms with Gasteiger partial charge in [0.2, 0.25) is 0 Å². The summed E-state index contributed by atoms with van der Waals surface area (Å²) >= 11 is 1.22. The van der Waals surface area contributed by atoms with E-state index in [2.05, 4.69) is 10.3 Å². The van der Waals surface area contributed by atoms with Gasteiger partial charge in [-0.05, 0) is 26.0 Å². The number of aryl methyl sites for hydroxylation is 1. The van der Waals surface area contributed by atoms with Crippen molar-refractivity contribution in [3.63, 3.8) is 0 Å². The Hall–Kier alpha value is -3.50. The molecule has 1 aromatic heterocycles. The fourth-order valence-corrected chi connectivity index (χ4v) is 3.44. The summed E-state index contributed by atoms with van der Waals surface area (Å²) in [7, 11) is 0. The van der Waals surface area contributed by atoms with Gasteiger partial charge in [0.05, 0.1) is 16.9 Å². The Balaban J connectivity index is 1.70. The summed E-state index contributed by atoms with van der Waals surface area (Å²) in [5.74, 6) is -1.12.